The molecule has 19 heavy (non-hydrogen) atoms. The van der Waals surface area contributed by atoms with E-state index in [0.717, 1.165) is 26.3 Å². The zero-order valence-corrected chi connectivity index (χ0v) is 12.6. The maximum Gasteiger partial charge on any atom is 0.119 e. The Labute approximate surface area is 118 Å². The van der Waals surface area contributed by atoms with Crippen LogP contribution in [0.15, 0.2) is 12.4 Å². The van der Waals surface area contributed by atoms with Crippen molar-refractivity contribution in [3.05, 3.63) is 12.4 Å². The molecule has 0 saturated heterocycles. The van der Waals surface area contributed by atoms with Crippen LogP contribution in [0, 0.1) is 0 Å². The predicted octanol–water partition coefficient (Wildman–Crippen LogP) is 3.36. The highest BCUT2D eigenvalue weighted by Gasteiger charge is 2.11. The van der Waals surface area contributed by atoms with Gasteiger partial charge in [-0.3, -0.25) is 0 Å². The highest BCUT2D eigenvalue weighted by atomic mass is 16.5. The molecule has 0 fully saturated rings. The number of hydrogen-bond acceptors (Lipinski definition) is 4. The maximum atomic E-state index is 5.66. The quantitative estimate of drug-likeness (QED) is 0.508. The second-order valence-corrected chi connectivity index (χ2v) is 5.11. The molecule has 0 aliphatic carbocycles. The fourth-order valence-electron chi connectivity index (χ4n) is 1.92. The van der Waals surface area contributed by atoms with Crippen LogP contribution < -0.4 is 0 Å². The number of unbranched alkanes of at least 4 members (excludes halogenated alkanes) is 4. The molecule has 0 bridgehead atoms. The summed E-state index contributed by atoms with van der Waals surface area (Å²) in [7, 11) is 0. The van der Waals surface area contributed by atoms with E-state index < -0.39 is 0 Å². The van der Waals surface area contributed by atoms with Crippen LogP contribution in [-0.4, -0.2) is 43.1 Å². The van der Waals surface area contributed by atoms with Crippen LogP contribution >= 0.6 is 0 Å². The van der Waals surface area contributed by atoms with E-state index in [0.29, 0.717) is 13.5 Å². The van der Waals surface area contributed by atoms with Crippen molar-refractivity contribution in [2.24, 2.45) is 0 Å². The molecule has 0 amide bonds. The number of ether oxygens (including phenoxy) is 2. The minimum Gasteiger partial charge on any atom is -0.361 e. The summed E-state index contributed by atoms with van der Waals surface area (Å²) in [5.41, 5.74) is 0. The average molecular weight is 270 g/mol. The first-order valence-corrected chi connectivity index (χ1v) is 7.68. The Morgan fingerprint density at radius 2 is 1.37 bits per heavy atom. The van der Waals surface area contributed by atoms with E-state index in [-0.39, 0.29) is 0 Å². The van der Waals surface area contributed by atoms with Gasteiger partial charge in [0.05, 0.1) is 6.67 Å². The summed E-state index contributed by atoms with van der Waals surface area (Å²) in [5.74, 6) is 0. The summed E-state index contributed by atoms with van der Waals surface area (Å²) in [6, 6.07) is 0. The zero-order chi connectivity index (χ0) is 13.8. The molecule has 0 N–H and O–H groups in total. The standard InChI is InChI=1S/C15H30N2O2/c1-3-5-7-8-12-19-15-17-10-9-16(13-17)14-18-11-6-4-2/h9-10H,3-8,11-15H2,1-2H3. The third kappa shape index (κ3) is 8.11. The molecule has 112 valence electrons. The lowest BCUT2D eigenvalue weighted by Crippen LogP contribution is -2.29. The molecule has 0 atom stereocenters. The van der Waals surface area contributed by atoms with E-state index in [1.807, 2.05) is 0 Å². The van der Waals surface area contributed by atoms with E-state index in [9.17, 15) is 0 Å². The van der Waals surface area contributed by atoms with E-state index in [1.165, 1.54) is 32.1 Å². The molecule has 0 saturated carbocycles. The second-order valence-electron chi connectivity index (χ2n) is 5.11. The van der Waals surface area contributed by atoms with Crippen molar-refractivity contribution in [1.82, 2.24) is 9.80 Å². The topological polar surface area (TPSA) is 24.9 Å². The molecule has 0 spiro atoms. The molecule has 4 heteroatoms. The van der Waals surface area contributed by atoms with Gasteiger partial charge in [0.25, 0.3) is 0 Å². The molecule has 1 rings (SSSR count). The van der Waals surface area contributed by atoms with Gasteiger partial charge in [-0.2, -0.15) is 0 Å². The third-order valence-electron chi connectivity index (χ3n) is 3.15. The van der Waals surface area contributed by atoms with Gasteiger partial charge >= 0.3 is 0 Å². The molecule has 4 nitrogen and oxygen atoms in total. The molecular weight excluding hydrogens is 240 g/mol. The van der Waals surface area contributed by atoms with E-state index in [2.05, 4.69) is 36.0 Å². The zero-order valence-electron chi connectivity index (χ0n) is 12.6. The minimum atomic E-state index is 0.684. The Bertz CT molecular complexity index is 234. The SMILES string of the molecule is CCCCCCOCN1C=CN(COCCCC)C1. The molecular formula is C15H30N2O2. The van der Waals surface area contributed by atoms with Crippen LogP contribution in [0.4, 0.5) is 0 Å². The Morgan fingerprint density at radius 3 is 1.95 bits per heavy atom. The first kappa shape index (κ1) is 16.3. The van der Waals surface area contributed by atoms with Crippen molar-refractivity contribution in [1.29, 1.82) is 0 Å². The lowest BCUT2D eigenvalue weighted by Gasteiger charge is -2.21. The van der Waals surface area contributed by atoms with E-state index >= 15 is 0 Å². The van der Waals surface area contributed by atoms with Crippen LogP contribution in [0.25, 0.3) is 0 Å². The number of hydrogen-bond donors (Lipinski definition) is 0. The molecule has 0 unspecified atom stereocenters. The van der Waals surface area contributed by atoms with Gasteiger partial charge in [0.1, 0.15) is 13.5 Å². The largest absolute Gasteiger partial charge is 0.361 e. The van der Waals surface area contributed by atoms with Gasteiger partial charge < -0.3 is 19.3 Å². The van der Waals surface area contributed by atoms with Crippen molar-refractivity contribution >= 4 is 0 Å². The van der Waals surface area contributed by atoms with Crippen LogP contribution in [0.1, 0.15) is 52.4 Å². The maximum absolute atomic E-state index is 5.66. The summed E-state index contributed by atoms with van der Waals surface area (Å²) in [5, 5.41) is 0. The van der Waals surface area contributed by atoms with Gasteiger partial charge in [-0.15, -0.1) is 0 Å². The summed E-state index contributed by atoms with van der Waals surface area (Å²) in [4.78, 5) is 4.33. The van der Waals surface area contributed by atoms with Gasteiger partial charge in [0, 0.05) is 25.6 Å². The summed E-state index contributed by atoms with van der Waals surface area (Å²) < 4.78 is 11.2. The Kier molecular flexibility index (Phi) is 9.55. The lowest BCUT2D eigenvalue weighted by atomic mass is 10.2. The highest BCUT2D eigenvalue weighted by molar-refractivity contribution is 4.88. The van der Waals surface area contributed by atoms with E-state index in [4.69, 9.17) is 9.47 Å². The third-order valence-corrected chi connectivity index (χ3v) is 3.15. The Morgan fingerprint density at radius 1 is 0.789 bits per heavy atom. The lowest BCUT2D eigenvalue weighted by molar-refractivity contribution is 0.0100. The van der Waals surface area contributed by atoms with Gasteiger partial charge in [-0.25, -0.2) is 0 Å². The van der Waals surface area contributed by atoms with Crippen LogP contribution in [0.3, 0.4) is 0 Å². The number of rotatable bonds is 12. The van der Waals surface area contributed by atoms with Crippen molar-refractivity contribution in [2.45, 2.75) is 52.4 Å². The molecule has 1 heterocycles. The highest BCUT2D eigenvalue weighted by Crippen LogP contribution is 2.07. The summed E-state index contributed by atoms with van der Waals surface area (Å²) in [6.07, 6.45) is 11.5. The van der Waals surface area contributed by atoms with Gasteiger partial charge in [-0.05, 0) is 12.8 Å². The molecule has 0 radical (unpaired) electrons. The molecule has 0 aromatic carbocycles. The second kappa shape index (κ2) is 11.1. The Balaban J connectivity index is 1.92. The monoisotopic (exact) mass is 270 g/mol. The fourth-order valence-corrected chi connectivity index (χ4v) is 1.92. The first-order chi connectivity index (χ1) is 9.36. The fraction of sp³-hybridized carbons (Fsp3) is 0.867. The molecule has 0 aromatic rings. The summed E-state index contributed by atoms with van der Waals surface area (Å²) in [6.45, 7) is 8.39. The number of nitrogens with zero attached hydrogens (tertiary/aromatic N) is 2. The van der Waals surface area contributed by atoms with Crippen LogP contribution in [-0.2, 0) is 9.47 Å². The van der Waals surface area contributed by atoms with Crippen LogP contribution in [0.5, 0.6) is 0 Å². The van der Waals surface area contributed by atoms with Crippen molar-refractivity contribution in [3.8, 4) is 0 Å². The van der Waals surface area contributed by atoms with E-state index in [1.54, 1.807) is 0 Å². The van der Waals surface area contributed by atoms with Crippen molar-refractivity contribution in [2.75, 3.05) is 33.3 Å². The van der Waals surface area contributed by atoms with Crippen molar-refractivity contribution < 1.29 is 9.47 Å². The molecule has 1 aliphatic heterocycles. The van der Waals surface area contributed by atoms with Gasteiger partial charge in [0.2, 0.25) is 0 Å². The van der Waals surface area contributed by atoms with Gasteiger partial charge in [0.15, 0.2) is 0 Å². The Hall–Kier alpha value is -0.740. The average Bonchev–Trinajstić information content (AvgIpc) is 2.87. The smallest absolute Gasteiger partial charge is 0.119 e. The van der Waals surface area contributed by atoms with Crippen LogP contribution in [0.2, 0.25) is 0 Å². The first-order valence-electron chi connectivity index (χ1n) is 7.68. The molecule has 1 aliphatic rings. The molecule has 0 aromatic heterocycles. The van der Waals surface area contributed by atoms with Crippen molar-refractivity contribution in [3.63, 3.8) is 0 Å². The summed E-state index contributed by atoms with van der Waals surface area (Å²) >= 11 is 0. The normalized spacial score (nSPS) is 14.6. The van der Waals surface area contributed by atoms with Gasteiger partial charge in [-0.1, -0.05) is 39.5 Å². The predicted molar refractivity (Wildman–Crippen MR) is 78.4 cm³/mol. The minimum absolute atomic E-state index is 0.684.